The van der Waals surface area contributed by atoms with E-state index in [0.29, 0.717) is 5.82 Å². The van der Waals surface area contributed by atoms with Gasteiger partial charge >= 0.3 is 0 Å². The number of rotatable bonds is 5. The molecule has 124 valence electrons. The predicted octanol–water partition coefficient (Wildman–Crippen LogP) is 4.47. The van der Waals surface area contributed by atoms with Crippen LogP contribution in [0.15, 0.2) is 85.1 Å². The van der Waals surface area contributed by atoms with E-state index in [-0.39, 0.29) is 5.91 Å². The first-order valence-electron chi connectivity index (χ1n) is 7.90. The standard InChI is InChI=1S/C21H18N2O2/c1-25-19-13-10-17(11-14-19)12-15-21(24)23(18-7-3-2-4-8-18)20-9-5-6-16-22-20/h2-16H,1H3/b15-12+. The van der Waals surface area contributed by atoms with Gasteiger partial charge in [0.05, 0.1) is 12.8 Å². The summed E-state index contributed by atoms with van der Waals surface area (Å²) in [7, 11) is 1.62. The maximum atomic E-state index is 12.8. The van der Waals surface area contributed by atoms with Crippen molar-refractivity contribution in [2.75, 3.05) is 12.0 Å². The van der Waals surface area contributed by atoms with Gasteiger partial charge in [0, 0.05) is 12.3 Å². The van der Waals surface area contributed by atoms with E-state index in [2.05, 4.69) is 4.98 Å². The van der Waals surface area contributed by atoms with Crippen molar-refractivity contribution in [1.29, 1.82) is 0 Å². The minimum atomic E-state index is -0.166. The van der Waals surface area contributed by atoms with Gasteiger partial charge in [-0.2, -0.15) is 0 Å². The number of hydrogen-bond acceptors (Lipinski definition) is 3. The largest absolute Gasteiger partial charge is 0.497 e. The van der Waals surface area contributed by atoms with Crippen molar-refractivity contribution >= 4 is 23.5 Å². The lowest BCUT2D eigenvalue weighted by Crippen LogP contribution is -2.24. The molecule has 0 saturated carbocycles. The van der Waals surface area contributed by atoms with Crippen molar-refractivity contribution in [3.63, 3.8) is 0 Å². The van der Waals surface area contributed by atoms with Gasteiger partial charge in [-0.05, 0) is 48.0 Å². The molecule has 0 saturated heterocycles. The van der Waals surface area contributed by atoms with Crippen LogP contribution in [0.3, 0.4) is 0 Å². The molecule has 4 nitrogen and oxygen atoms in total. The van der Waals surface area contributed by atoms with Gasteiger partial charge in [-0.25, -0.2) is 4.98 Å². The van der Waals surface area contributed by atoms with Crippen LogP contribution in [0.4, 0.5) is 11.5 Å². The Hall–Kier alpha value is -3.40. The number of methoxy groups -OCH3 is 1. The fraction of sp³-hybridized carbons (Fsp3) is 0.0476. The lowest BCUT2D eigenvalue weighted by molar-refractivity contribution is -0.113. The van der Waals surface area contributed by atoms with Crippen LogP contribution in [0.1, 0.15) is 5.56 Å². The molecule has 25 heavy (non-hydrogen) atoms. The second-order valence-corrected chi connectivity index (χ2v) is 5.30. The fourth-order valence-corrected chi connectivity index (χ4v) is 2.39. The number of anilines is 2. The Morgan fingerprint density at radius 3 is 2.32 bits per heavy atom. The Labute approximate surface area is 147 Å². The molecule has 0 N–H and O–H groups in total. The van der Waals surface area contributed by atoms with Crippen LogP contribution in [0.5, 0.6) is 5.75 Å². The van der Waals surface area contributed by atoms with Crippen LogP contribution >= 0.6 is 0 Å². The molecule has 2 aromatic carbocycles. The molecule has 0 bridgehead atoms. The molecule has 3 aromatic rings. The Bertz CT molecular complexity index is 805. The van der Waals surface area contributed by atoms with Crippen molar-refractivity contribution in [1.82, 2.24) is 4.98 Å². The molecule has 1 aromatic heterocycles. The summed E-state index contributed by atoms with van der Waals surface area (Å²) in [5, 5.41) is 0. The van der Waals surface area contributed by atoms with Gasteiger partial charge < -0.3 is 4.74 Å². The molecule has 0 radical (unpaired) electrons. The van der Waals surface area contributed by atoms with Crippen molar-refractivity contribution < 1.29 is 9.53 Å². The Balaban J connectivity index is 1.88. The first-order valence-corrected chi connectivity index (χ1v) is 7.90. The normalized spacial score (nSPS) is 10.6. The highest BCUT2D eigenvalue weighted by atomic mass is 16.5. The van der Waals surface area contributed by atoms with E-state index in [1.807, 2.05) is 72.8 Å². The summed E-state index contributed by atoms with van der Waals surface area (Å²) in [4.78, 5) is 18.7. The SMILES string of the molecule is COc1ccc(/C=C/C(=O)N(c2ccccc2)c2ccccn2)cc1. The summed E-state index contributed by atoms with van der Waals surface area (Å²) in [6.45, 7) is 0. The molecular weight excluding hydrogens is 312 g/mol. The Morgan fingerprint density at radius 2 is 1.68 bits per heavy atom. The minimum absolute atomic E-state index is 0.166. The average molecular weight is 330 g/mol. The third-order valence-electron chi connectivity index (χ3n) is 3.65. The zero-order valence-electron chi connectivity index (χ0n) is 13.9. The molecular formula is C21H18N2O2. The molecule has 0 unspecified atom stereocenters. The fourth-order valence-electron chi connectivity index (χ4n) is 2.39. The van der Waals surface area contributed by atoms with E-state index in [0.717, 1.165) is 17.0 Å². The van der Waals surface area contributed by atoms with E-state index in [4.69, 9.17) is 4.74 Å². The first-order chi connectivity index (χ1) is 12.3. The average Bonchev–Trinajstić information content (AvgIpc) is 2.69. The molecule has 0 spiro atoms. The molecule has 1 heterocycles. The number of nitrogens with zero attached hydrogens (tertiary/aromatic N) is 2. The maximum Gasteiger partial charge on any atom is 0.256 e. The summed E-state index contributed by atoms with van der Waals surface area (Å²) in [6, 6.07) is 22.5. The minimum Gasteiger partial charge on any atom is -0.497 e. The smallest absolute Gasteiger partial charge is 0.256 e. The van der Waals surface area contributed by atoms with Crippen LogP contribution in [0, 0.1) is 0 Å². The monoisotopic (exact) mass is 330 g/mol. The van der Waals surface area contributed by atoms with Gasteiger partial charge in [0.25, 0.3) is 5.91 Å². The highest BCUT2D eigenvalue weighted by molar-refractivity contribution is 6.08. The zero-order chi connectivity index (χ0) is 17.5. The van der Waals surface area contributed by atoms with Gasteiger partial charge in [-0.15, -0.1) is 0 Å². The third-order valence-corrected chi connectivity index (χ3v) is 3.65. The molecule has 0 aliphatic rings. The summed E-state index contributed by atoms with van der Waals surface area (Å²) in [5.74, 6) is 1.20. The molecule has 4 heteroatoms. The molecule has 0 aliphatic carbocycles. The number of carbonyl (C=O) groups is 1. The van der Waals surface area contributed by atoms with Crippen LogP contribution in [0.2, 0.25) is 0 Å². The zero-order valence-corrected chi connectivity index (χ0v) is 13.9. The Morgan fingerprint density at radius 1 is 0.960 bits per heavy atom. The number of ether oxygens (including phenoxy) is 1. The summed E-state index contributed by atoms with van der Waals surface area (Å²) in [5.41, 5.74) is 1.69. The number of hydrogen-bond donors (Lipinski definition) is 0. The Kier molecular flexibility index (Phi) is 5.22. The van der Waals surface area contributed by atoms with Gasteiger partial charge in [0.2, 0.25) is 0 Å². The lowest BCUT2D eigenvalue weighted by Gasteiger charge is -2.20. The van der Waals surface area contributed by atoms with Gasteiger partial charge in [0.1, 0.15) is 11.6 Å². The van der Waals surface area contributed by atoms with E-state index in [1.54, 1.807) is 30.4 Å². The number of carbonyl (C=O) groups excluding carboxylic acids is 1. The van der Waals surface area contributed by atoms with Crippen molar-refractivity contribution in [2.24, 2.45) is 0 Å². The van der Waals surface area contributed by atoms with E-state index in [1.165, 1.54) is 0 Å². The predicted molar refractivity (Wildman–Crippen MR) is 99.9 cm³/mol. The van der Waals surface area contributed by atoms with Crippen LogP contribution in [-0.4, -0.2) is 18.0 Å². The second-order valence-electron chi connectivity index (χ2n) is 5.30. The number of pyridine rings is 1. The number of para-hydroxylation sites is 1. The molecule has 3 rings (SSSR count). The highest BCUT2D eigenvalue weighted by Crippen LogP contribution is 2.23. The van der Waals surface area contributed by atoms with Gasteiger partial charge in [0.15, 0.2) is 0 Å². The summed E-state index contributed by atoms with van der Waals surface area (Å²) >= 11 is 0. The number of aromatic nitrogens is 1. The highest BCUT2D eigenvalue weighted by Gasteiger charge is 2.16. The van der Waals surface area contributed by atoms with Crippen LogP contribution in [0.25, 0.3) is 6.08 Å². The van der Waals surface area contributed by atoms with Gasteiger partial charge in [-0.3, -0.25) is 9.69 Å². The van der Waals surface area contributed by atoms with Crippen LogP contribution < -0.4 is 9.64 Å². The lowest BCUT2D eigenvalue weighted by atomic mass is 10.2. The maximum absolute atomic E-state index is 12.8. The molecule has 0 fully saturated rings. The summed E-state index contributed by atoms with van der Waals surface area (Å²) in [6.07, 6.45) is 5.00. The van der Waals surface area contributed by atoms with Gasteiger partial charge in [-0.1, -0.05) is 36.4 Å². The third kappa shape index (κ3) is 4.12. The second kappa shape index (κ2) is 7.93. The molecule has 1 amide bonds. The van der Waals surface area contributed by atoms with E-state index < -0.39 is 0 Å². The number of benzene rings is 2. The topological polar surface area (TPSA) is 42.4 Å². The summed E-state index contributed by atoms with van der Waals surface area (Å²) < 4.78 is 5.14. The van der Waals surface area contributed by atoms with E-state index in [9.17, 15) is 4.79 Å². The van der Waals surface area contributed by atoms with Crippen molar-refractivity contribution in [2.45, 2.75) is 0 Å². The van der Waals surface area contributed by atoms with E-state index >= 15 is 0 Å². The van der Waals surface area contributed by atoms with Crippen LogP contribution in [-0.2, 0) is 4.79 Å². The van der Waals surface area contributed by atoms with Crippen molar-refractivity contribution in [3.8, 4) is 5.75 Å². The number of amides is 1. The molecule has 0 atom stereocenters. The van der Waals surface area contributed by atoms with Crippen molar-refractivity contribution in [3.05, 3.63) is 90.6 Å². The first kappa shape index (κ1) is 16.5. The quantitative estimate of drug-likeness (QED) is 0.648. The molecule has 0 aliphatic heterocycles.